The van der Waals surface area contributed by atoms with Crippen LogP contribution in [0.5, 0.6) is 0 Å². The van der Waals surface area contributed by atoms with Crippen LogP contribution in [0.2, 0.25) is 0 Å². The smallest absolute Gasteiger partial charge is 0.309 e. The number of benzene rings is 7. The molecule has 0 aliphatic heterocycles. The van der Waals surface area contributed by atoms with Gasteiger partial charge in [0.1, 0.15) is 0 Å². The Bertz CT molecular complexity index is 3090. The molecule has 0 aliphatic rings. The molecule has 0 unspecified atom stereocenters. The number of alkyl halides is 3. The zero-order valence-corrected chi connectivity index (χ0v) is 28.2. The quantitative estimate of drug-likeness (QED) is 0.183. The molecule has 2 heterocycles. The number of hydrogen-bond acceptors (Lipinski definition) is 3. The Morgan fingerprint density at radius 2 is 0.926 bits per heavy atom. The van der Waals surface area contributed by atoms with Gasteiger partial charge in [-0.25, -0.2) is 0 Å². The first-order valence-electron chi connectivity index (χ1n) is 17.0. The van der Waals surface area contributed by atoms with Crippen molar-refractivity contribution >= 4 is 43.6 Å². The van der Waals surface area contributed by atoms with E-state index in [1.165, 1.54) is 12.1 Å². The summed E-state index contributed by atoms with van der Waals surface area (Å²) >= 11 is 0. The Balaban J connectivity index is 1.25. The molecule has 254 valence electrons. The van der Waals surface area contributed by atoms with E-state index in [0.717, 1.165) is 32.6 Å². The lowest BCUT2D eigenvalue weighted by Crippen LogP contribution is -2.11. The number of para-hydroxylation sites is 3. The van der Waals surface area contributed by atoms with Gasteiger partial charge in [0.05, 0.1) is 73.9 Å². The zero-order valence-electron chi connectivity index (χ0n) is 28.2. The minimum atomic E-state index is -4.64. The number of aromatic nitrogens is 2. The minimum Gasteiger partial charge on any atom is -0.309 e. The molecule has 8 heteroatoms. The van der Waals surface area contributed by atoms with E-state index >= 15 is 13.2 Å². The van der Waals surface area contributed by atoms with Gasteiger partial charge in [-0.1, -0.05) is 72.8 Å². The molecule has 0 bridgehead atoms. The molecule has 2 aromatic heterocycles. The zero-order chi connectivity index (χ0) is 37.1. The summed E-state index contributed by atoms with van der Waals surface area (Å²) in [6, 6.07) is 49.5. The standard InChI is InChI=1S/C46H24F3N5/c47-46(48,49)39-24-31(16-20-45(39)54-40-10-4-1-7-34(40)35-8-2-5-11-41(35)54)30-15-19-44-38(23-30)36-9-3-6-12-42(36)53(44)43-18-14-29(26-51)22-37(43)33-17-13-28(25-50)21-32(33)27-52/h1-24H. The number of hydrogen-bond donors (Lipinski definition) is 0. The van der Waals surface area contributed by atoms with E-state index in [1.54, 1.807) is 41.0 Å². The summed E-state index contributed by atoms with van der Waals surface area (Å²) in [5, 5.41) is 32.8. The molecule has 0 aliphatic carbocycles. The molecule has 0 saturated heterocycles. The van der Waals surface area contributed by atoms with E-state index in [4.69, 9.17) is 0 Å². The molecule has 9 aromatic rings. The summed E-state index contributed by atoms with van der Waals surface area (Å²) in [5.41, 5.74) is 6.26. The van der Waals surface area contributed by atoms with Crippen LogP contribution in [0.3, 0.4) is 0 Å². The van der Waals surface area contributed by atoms with E-state index in [9.17, 15) is 15.8 Å². The molecule has 0 fully saturated rings. The average molecular weight is 704 g/mol. The minimum absolute atomic E-state index is 0.0502. The van der Waals surface area contributed by atoms with E-state index in [-0.39, 0.29) is 5.69 Å². The summed E-state index contributed by atoms with van der Waals surface area (Å²) in [5.74, 6) is 0. The summed E-state index contributed by atoms with van der Waals surface area (Å²) in [6.07, 6.45) is -4.64. The summed E-state index contributed by atoms with van der Waals surface area (Å²) < 4.78 is 48.9. The Kier molecular flexibility index (Phi) is 7.34. The highest BCUT2D eigenvalue weighted by molar-refractivity contribution is 6.11. The van der Waals surface area contributed by atoms with Gasteiger partial charge in [-0.05, 0) is 83.9 Å². The largest absolute Gasteiger partial charge is 0.418 e. The first-order valence-corrected chi connectivity index (χ1v) is 17.0. The number of nitrogens with zero attached hydrogens (tertiary/aromatic N) is 5. The van der Waals surface area contributed by atoms with E-state index < -0.39 is 11.7 Å². The third kappa shape index (κ3) is 4.99. The fourth-order valence-corrected chi connectivity index (χ4v) is 7.69. The van der Waals surface area contributed by atoms with Crippen molar-refractivity contribution in [3.63, 3.8) is 0 Å². The summed E-state index contributed by atoms with van der Waals surface area (Å²) in [6.45, 7) is 0. The van der Waals surface area contributed by atoms with Gasteiger partial charge < -0.3 is 9.13 Å². The van der Waals surface area contributed by atoms with Gasteiger partial charge >= 0.3 is 6.18 Å². The lowest BCUT2D eigenvalue weighted by atomic mass is 9.95. The van der Waals surface area contributed by atoms with Crippen LogP contribution in [-0.2, 0) is 6.18 Å². The maximum atomic E-state index is 15.0. The number of halogens is 3. The van der Waals surface area contributed by atoms with Gasteiger partial charge in [0.15, 0.2) is 0 Å². The molecule has 0 radical (unpaired) electrons. The van der Waals surface area contributed by atoms with Gasteiger partial charge in [-0.2, -0.15) is 29.0 Å². The summed E-state index contributed by atoms with van der Waals surface area (Å²) in [4.78, 5) is 0. The molecule has 54 heavy (non-hydrogen) atoms. The highest BCUT2D eigenvalue weighted by Gasteiger charge is 2.35. The van der Waals surface area contributed by atoms with Crippen molar-refractivity contribution in [2.45, 2.75) is 6.18 Å². The van der Waals surface area contributed by atoms with Crippen molar-refractivity contribution < 1.29 is 13.2 Å². The molecule has 9 rings (SSSR count). The molecule has 0 N–H and O–H groups in total. The SMILES string of the molecule is N#Cc1ccc(-c2cc(C#N)ccc2-n2c3ccccc3c3cc(-c4ccc(-n5c6ccccc6c6ccccc65)c(C(F)(F)F)c4)ccc32)c(C#N)c1. The van der Waals surface area contributed by atoms with Gasteiger partial charge in [0.25, 0.3) is 0 Å². The second-order valence-corrected chi connectivity index (χ2v) is 13.0. The molecule has 0 spiro atoms. The van der Waals surface area contributed by atoms with Crippen molar-refractivity contribution in [3.8, 4) is 51.8 Å². The lowest BCUT2D eigenvalue weighted by molar-refractivity contribution is -0.137. The van der Waals surface area contributed by atoms with Crippen LogP contribution in [0.25, 0.3) is 77.2 Å². The third-order valence-electron chi connectivity index (χ3n) is 10.1. The number of nitriles is 3. The van der Waals surface area contributed by atoms with Crippen LogP contribution in [0.15, 0.2) is 146 Å². The van der Waals surface area contributed by atoms with Gasteiger partial charge in [0, 0.05) is 32.7 Å². The maximum absolute atomic E-state index is 15.0. The first-order chi connectivity index (χ1) is 26.3. The van der Waals surface area contributed by atoms with Gasteiger partial charge in [0.2, 0.25) is 0 Å². The van der Waals surface area contributed by atoms with Crippen LogP contribution in [0.4, 0.5) is 13.2 Å². The van der Waals surface area contributed by atoms with Gasteiger partial charge in [-0.15, -0.1) is 0 Å². The lowest BCUT2D eigenvalue weighted by Gasteiger charge is -2.18. The molecule has 5 nitrogen and oxygen atoms in total. The van der Waals surface area contributed by atoms with Crippen molar-refractivity contribution in [2.75, 3.05) is 0 Å². The summed E-state index contributed by atoms with van der Waals surface area (Å²) in [7, 11) is 0. The highest BCUT2D eigenvalue weighted by atomic mass is 19.4. The second kappa shape index (κ2) is 12.3. The van der Waals surface area contributed by atoms with Crippen LogP contribution < -0.4 is 0 Å². The molecule has 0 atom stereocenters. The second-order valence-electron chi connectivity index (χ2n) is 13.0. The van der Waals surface area contributed by atoms with Crippen molar-refractivity contribution in [1.82, 2.24) is 9.13 Å². The Morgan fingerprint density at radius 3 is 1.54 bits per heavy atom. The van der Waals surface area contributed by atoms with E-state index in [0.29, 0.717) is 55.7 Å². The monoisotopic (exact) mass is 703 g/mol. The van der Waals surface area contributed by atoms with Gasteiger partial charge in [-0.3, -0.25) is 0 Å². The molecular weight excluding hydrogens is 680 g/mol. The fraction of sp³-hybridized carbons (Fsp3) is 0.0217. The van der Waals surface area contributed by atoms with Crippen LogP contribution >= 0.6 is 0 Å². The Labute approximate surface area is 306 Å². The maximum Gasteiger partial charge on any atom is 0.418 e. The topological polar surface area (TPSA) is 81.2 Å². The van der Waals surface area contributed by atoms with Crippen LogP contribution in [0, 0.1) is 34.0 Å². The molecule has 0 amide bonds. The highest BCUT2D eigenvalue weighted by Crippen LogP contribution is 2.43. The third-order valence-corrected chi connectivity index (χ3v) is 10.1. The fourth-order valence-electron chi connectivity index (χ4n) is 7.69. The average Bonchev–Trinajstić information content (AvgIpc) is 3.72. The van der Waals surface area contributed by atoms with Crippen molar-refractivity contribution in [1.29, 1.82) is 15.8 Å². The van der Waals surface area contributed by atoms with Crippen molar-refractivity contribution in [3.05, 3.63) is 168 Å². The Hall–Kier alpha value is -7.60. The number of fused-ring (bicyclic) bond motifs is 6. The molecular formula is C46H24F3N5. The Morgan fingerprint density at radius 1 is 0.426 bits per heavy atom. The number of rotatable bonds is 4. The molecule has 7 aromatic carbocycles. The predicted octanol–water partition coefficient (Wildman–Crippen LogP) is 11.8. The van der Waals surface area contributed by atoms with Crippen LogP contribution in [0.1, 0.15) is 22.3 Å². The first kappa shape index (κ1) is 32.3. The normalized spacial score (nSPS) is 11.6. The molecule has 0 saturated carbocycles. The predicted molar refractivity (Wildman–Crippen MR) is 205 cm³/mol. The van der Waals surface area contributed by atoms with Crippen LogP contribution in [-0.4, -0.2) is 9.13 Å². The van der Waals surface area contributed by atoms with E-state index in [1.807, 2.05) is 102 Å². The van der Waals surface area contributed by atoms with Crippen molar-refractivity contribution in [2.24, 2.45) is 0 Å². The van der Waals surface area contributed by atoms with E-state index in [2.05, 4.69) is 18.2 Å².